The second-order valence-corrected chi connectivity index (χ2v) is 5.07. The Hall–Kier alpha value is -2.61. The summed E-state index contributed by atoms with van der Waals surface area (Å²) in [5.74, 6) is 0.878. The molecule has 0 atom stereocenters. The molecule has 0 amide bonds. The number of methoxy groups -OCH3 is 1. The first kappa shape index (κ1) is 13.4. The van der Waals surface area contributed by atoms with E-state index in [4.69, 9.17) is 4.74 Å². The van der Waals surface area contributed by atoms with Crippen LogP contribution in [0.25, 0.3) is 10.8 Å². The molecule has 0 fully saturated rings. The van der Waals surface area contributed by atoms with Gasteiger partial charge in [-0.25, -0.2) is 0 Å². The van der Waals surface area contributed by atoms with Crippen molar-refractivity contribution in [2.45, 2.75) is 6.92 Å². The third-order valence-electron chi connectivity index (χ3n) is 3.47. The lowest BCUT2D eigenvalue weighted by atomic mass is 10.1. The number of fused-ring (bicyclic) bond motifs is 1. The maximum absolute atomic E-state index is 5.24. The Morgan fingerprint density at radius 2 is 1.57 bits per heavy atom. The summed E-state index contributed by atoms with van der Waals surface area (Å²) >= 11 is 0. The van der Waals surface area contributed by atoms with Crippen molar-refractivity contribution in [1.82, 2.24) is 0 Å². The average Bonchev–Trinajstić information content (AvgIpc) is 2.53. The first-order valence-corrected chi connectivity index (χ1v) is 6.93. The molecule has 0 aliphatic carbocycles. The molecule has 0 spiro atoms. The molecule has 2 heteroatoms. The van der Waals surface area contributed by atoms with Crippen LogP contribution in [-0.2, 0) is 0 Å². The smallest absolute Gasteiger partial charge is 0.119 e. The fourth-order valence-corrected chi connectivity index (χ4v) is 2.23. The number of rotatable bonds is 3. The molecule has 0 saturated heterocycles. The Balaban J connectivity index is 1.88. The normalized spacial score (nSPS) is 11.1. The average molecular weight is 275 g/mol. The molecule has 0 aromatic heterocycles. The third kappa shape index (κ3) is 3.11. The van der Waals surface area contributed by atoms with Crippen molar-refractivity contribution in [2.24, 2.45) is 4.99 Å². The Kier molecular flexibility index (Phi) is 3.69. The van der Waals surface area contributed by atoms with Crippen LogP contribution in [0, 0.1) is 6.92 Å². The van der Waals surface area contributed by atoms with Gasteiger partial charge < -0.3 is 4.74 Å². The molecule has 3 aromatic carbocycles. The Labute approximate surface area is 124 Å². The largest absolute Gasteiger partial charge is 0.497 e. The number of aliphatic imine (C=N–C) groups is 1. The highest BCUT2D eigenvalue weighted by molar-refractivity contribution is 5.91. The fraction of sp³-hybridized carbons (Fsp3) is 0.105. The van der Waals surface area contributed by atoms with Crippen LogP contribution in [-0.4, -0.2) is 13.3 Å². The first-order valence-electron chi connectivity index (χ1n) is 6.93. The van der Waals surface area contributed by atoms with Crippen LogP contribution >= 0.6 is 0 Å². The lowest BCUT2D eigenvalue weighted by Crippen LogP contribution is -1.84. The molecular weight excluding hydrogens is 258 g/mol. The van der Waals surface area contributed by atoms with Crippen molar-refractivity contribution < 1.29 is 4.74 Å². The van der Waals surface area contributed by atoms with E-state index < -0.39 is 0 Å². The number of nitrogens with zero attached hydrogens (tertiary/aromatic N) is 1. The minimum atomic E-state index is 0.878. The van der Waals surface area contributed by atoms with E-state index in [9.17, 15) is 0 Å². The number of ether oxygens (including phenoxy) is 1. The predicted octanol–water partition coefficient (Wildman–Crippen LogP) is 4.91. The quantitative estimate of drug-likeness (QED) is 0.622. The molecule has 2 nitrogen and oxygen atoms in total. The zero-order valence-electron chi connectivity index (χ0n) is 12.2. The minimum Gasteiger partial charge on any atom is -0.497 e. The third-order valence-corrected chi connectivity index (χ3v) is 3.47. The van der Waals surface area contributed by atoms with Gasteiger partial charge in [-0.2, -0.15) is 0 Å². The molecule has 3 rings (SSSR count). The standard InChI is InChI=1S/C19H17NO/c1-14-3-8-18(9-4-14)20-13-15-5-6-17-12-19(21-2)10-7-16(17)11-15/h3-13H,1-2H3. The Morgan fingerprint density at radius 1 is 0.857 bits per heavy atom. The molecule has 0 heterocycles. The van der Waals surface area contributed by atoms with E-state index in [0.29, 0.717) is 0 Å². The second-order valence-electron chi connectivity index (χ2n) is 5.07. The SMILES string of the molecule is COc1ccc2cc(C=Nc3ccc(C)cc3)ccc2c1. The summed E-state index contributed by atoms with van der Waals surface area (Å²) < 4.78 is 5.24. The van der Waals surface area contributed by atoms with Crippen LogP contribution in [0.5, 0.6) is 5.75 Å². The summed E-state index contributed by atoms with van der Waals surface area (Å²) in [6.45, 7) is 2.07. The van der Waals surface area contributed by atoms with Gasteiger partial charge in [0.05, 0.1) is 12.8 Å². The Bertz CT molecular complexity index is 788. The monoisotopic (exact) mass is 275 g/mol. The fourth-order valence-electron chi connectivity index (χ4n) is 2.23. The summed E-state index contributed by atoms with van der Waals surface area (Å²) in [5.41, 5.74) is 3.30. The van der Waals surface area contributed by atoms with Gasteiger partial charge in [0.25, 0.3) is 0 Å². The van der Waals surface area contributed by atoms with Crippen molar-refractivity contribution in [3.63, 3.8) is 0 Å². The highest BCUT2D eigenvalue weighted by Gasteiger charge is 1.97. The van der Waals surface area contributed by atoms with Gasteiger partial charge in [-0.05, 0) is 53.6 Å². The summed E-state index contributed by atoms with van der Waals surface area (Å²) in [5, 5.41) is 2.35. The van der Waals surface area contributed by atoms with Crippen LogP contribution in [0.2, 0.25) is 0 Å². The van der Waals surface area contributed by atoms with E-state index in [1.807, 2.05) is 30.5 Å². The van der Waals surface area contributed by atoms with Crippen molar-refractivity contribution in [1.29, 1.82) is 0 Å². The summed E-state index contributed by atoms with van der Waals surface area (Å²) in [6, 6.07) is 20.6. The topological polar surface area (TPSA) is 21.6 Å². The number of benzene rings is 3. The van der Waals surface area contributed by atoms with E-state index in [1.165, 1.54) is 16.3 Å². The molecule has 21 heavy (non-hydrogen) atoms. The molecule has 0 radical (unpaired) electrons. The van der Waals surface area contributed by atoms with Gasteiger partial charge >= 0.3 is 0 Å². The lowest BCUT2D eigenvalue weighted by Gasteiger charge is -2.03. The van der Waals surface area contributed by atoms with Gasteiger partial charge in [0.15, 0.2) is 0 Å². The van der Waals surface area contributed by atoms with Gasteiger partial charge in [0.2, 0.25) is 0 Å². The summed E-state index contributed by atoms with van der Waals surface area (Å²) in [6.07, 6.45) is 1.90. The van der Waals surface area contributed by atoms with Crippen LogP contribution in [0.4, 0.5) is 5.69 Å². The van der Waals surface area contributed by atoms with E-state index in [-0.39, 0.29) is 0 Å². The molecule has 0 bridgehead atoms. The van der Waals surface area contributed by atoms with Crippen molar-refractivity contribution >= 4 is 22.7 Å². The van der Waals surface area contributed by atoms with E-state index >= 15 is 0 Å². The van der Waals surface area contributed by atoms with Crippen LogP contribution < -0.4 is 4.74 Å². The molecule has 0 saturated carbocycles. The summed E-state index contributed by atoms with van der Waals surface area (Å²) in [7, 11) is 1.68. The van der Waals surface area contributed by atoms with Gasteiger partial charge in [0.1, 0.15) is 5.75 Å². The van der Waals surface area contributed by atoms with Crippen molar-refractivity contribution in [3.8, 4) is 5.75 Å². The van der Waals surface area contributed by atoms with E-state index in [0.717, 1.165) is 17.0 Å². The molecular formula is C19H17NO. The number of hydrogen-bond donors (Lipinski definition) is 0. The molecule has 0 unspecified atom stereocenters. The van der Waals surface area contributed by atoms with E-state index in [1.54, 1.807) is 7.11 Å². The summed E-state index contributed by atoms with van der Waals surface area (Å²) in [4.78, 5) is 4.51. The lowest BCUT2D eigenvalue weighted by molar-refractivity contribution is 0.415. The van der Waals surface area contributed by atoms with Gasteiger partial charge in [-0.1, -0.05) is 35.9 Å². The zero-order chi connectivity index (χ0) is 14.7. The number of hydrogen-bond acceptors (Lipinski definition) is 2. The van der Waals surface area contributed by atoms with Gasteiger partial charge in [0, 0.05) is 6.21 Å². The maximum atomic E-state index is 5.24. The zero-order valence-corrected chi connectivity index (χ0v) is 12.2. The maximum Gasteiger partial charge on any atom is 0.119 e. The molecule has 104 valence electrons. The van der Waals surface area contributed by atoms with Crippen LogP contribution in [0.3, 0.4) is 0 Å². The highest BCUT2D eigenvalue weighted by atomic mass is 16.5. The van der Waals surface area contributed by atoms with Crippen molar-refractivity contribution in [2.75, 3.05) is 7.11 Å². The van der Waals surface area contributed by atoms with Gasteiger partial charge in [-0.3, -0.25) is 4.99 Å². The minimum absolute atomic E-state index is 0.878. The Morgan fingerprint density at radius 3 is 2.33 bits per heavy atom. The van der Waals surface area contributed by atoms with Gasteiger partial charge in [-0.15, -0.1) is 0 Å². The second kappa shape index (κ2) is 5.80. The van der Waals surface area contributed by atoms with Crippen LogP contribution in [0.1, 0.15) is 11.1 Å². The molecule has 0 aliphatic rings. The molecule has 0 aliphatic heterocycles. The van der Waals surface area contributed by atoms with Crippen LogP contribution in [0.15, 0.2) is 65.7 Å². The van der Waals surface area contributed by atoms with E-state index in [2.05, 4.69) is 48.3 Å². The molecule has 0 N–H and O–H groups in total. The first-order chi connectivity index (χ1) is 10.2. The van der Waals surface area contributed by atoms with Crippen molar-refractivity contribution in [3.05, 3.63) is 71.8 Å². The molecule has 3 aromatic rings. The highest BCUT2D eigenvalue weighted by Crippen LogP contribution is 2.21. The number of aryl methyl sites for hydroxylation is 1. The predicted molar refractivity (Wildman–Crippen MR) is 88.9 cm³/mol.